The number of hydrogen-bond donors (Lipinski definition) is 0. The Labute approximate surface area is 353 Å². The molecule has 0 aromatic heterocycles. The Kier molecular flexibility index (Phi) is 13.8. The van der Waals surface area contributed by atoms with Crippen molar-refractivity contribution >= 4 is 33.9 Å². The maximum absolute atomic E-state index is 15.3. The van der Waals surface area contributed by atoms with E-state index in [4.69, 9.17) is 23.7 Å². The minimum atomic E-state index is -4.73. The standard InChI is InChI=1S/C48H41NO11S/c50-44(36-23-11-3-12-24-36)56-33-40(57-45(51)37-25-13-4-14-26-37)41-42(58-46(52)38-27-15-5-16-28-38)43(59-47(53)39-29-17-6-18-30-39)48(60-41)61(54,55)49(31-34-19-7-1-8-20-34)32-35-21-9-2-10-22-35/h1-30,40-43,48H,31-33H2/t40-,41+,42+,43-,48+/m1/s1. The second kappa shape index (κ2) is 19.9. The molecular weight excluding hydrogens is 799 g/mol. The molecule has 0 N–H and O–H groups in total. The van der Waals surface area contributed by atoms with Gasteiger partial charge in [-0.05, 0) is 59.7 Å². The van der Waals surface area contributed by atoms with E-state index >= 15 is 8.42 Å². The van der Waals surface area contributed by atoms with Crippen LogP contribution in [0.15, 0.2) is 182 Å². The SMILES string of the molecule is O=C(OC[C@@H](OC(=O)c1ccccc1)[C@@H]1O[C@@H](S(=O)(=O)N(Cc2ccccc2)Cc2ccccc2)[C@H](OC(=O)c2ccccc2)[C@H]1OC(=O)c1ccccc1)c1ccccc1. The Hall–Kier alpha value is -6.93. The number of carbonyl (C=O) groups excluding carboxylic acids is 4. The molecule has 1 saturated heterocycles. The van der Waals surface area contributed by atoms with Crippen molar-refractivity contribution in [3.63, 3.8) is 0 Å². The summed E-state index contributed by atoms with van der Waals surface area (Å²) >= 11 is 0. The zero-order valence-corrected chi connectivity index (χ0v) is 33.5. The maximum Gasteiger partial charge on any atom is 0.338 e. The van der Waals surface area contributed by atoms with Crippen molar-refractivity contribution in [3.05, 3.63) is 215 Å². The van der Waals surface area contributed by atoms with E-state index in [0.717, 1.165) is 0 Å². The summed E-state index contributed by atoms with van der Waals surface area (Å²) in [6.07, 6.45) is -6.91. The number of ether oxygens (including phenoxy) is 5. The molecule has 6 aromatic carbocycles. The molecule has 13 heteroatoms. The van der Waals surface area contributed by atoms with Gasteiger partial charge in [-0.3, -0.25) is 0 Å². The Bertz CT molecular complexity index is 2450. The minimum Gasteiger partial charge on any atom is -0.458 e. The van der Waals surface area contributed by atoms with Crippen LogP contribution in [0.3, 0.4) is 0 Å². The van der Waals surface area contributed by atoms with Crippen LogP contribution < -0.4 is 0 Å². The van der Waals surface area contributed by atoms with E-state index in [0.29, 0.717) is 11.1 Å². The predicted octanol–water partition coefficient (Wildman–Crippen LogP) is 7.28. The van der Waals surface area contributed by atoms with E-state index in [2.05, 4.69) is 0 Å². The molecule has 0 spiro atoms. The fraction of sp³-hybridized carbons (Fsp3) is 0.167. The Morgan fingerprint density at radius 3 is 1.28 bits per heavy atom. The lowest BCUT2D eigenvalue weighted by Crippen LogP contribution is -2.48. The summed E-state index contributed by atoms with van der Waals surface area (Å²) in [5.41, 5.74) is -0.302. The lowest BCUT2D eigenvalue weighted by atomic mass is 10.1. The molecule has 5 atom stereocenters. The zero-order chi connectivity index (χ0) is 42.6. The third-order valence-electron chi connectivity index (χ3n) is 9.79. The van der Waals surface area contributed by atoms with E-state index in [1.165, 1.54) is 52.8 Å². The highest BCUT2D eigenvalue weighted by Gasteiger charge is 2.59. The van der Waals surface area contributed by atoms with Gasteiger partial charge in [-0.2, -0.15) is 4.31 Å². The van der Waals surface area contributed by atoms with Crippen molar-refractivity contribution in [2.24, 2.45) is 0 Å². The largest absolute Gasteiger partial charge is 0.458 e. The van der Waals surface area contributed by atoms with Gasteiger partial charge in [0.2, 0.25) is 15.5 Å². The van der Waals surface area contributed by atoms with Crippen molar-refractivity contribution in [2.75, 3.05) is 6.61 Å². The Balaban J connectivity index is 1.34. The van der Waals surface area contributed by atoms with Gasteiger partial charge in [0, 0.05) is 13.1 Å². The lowest BCUT2D eigenvalue weighted by Gasteiger charge is -2.29. The molecule has 61 heavy (non-hydrogen) atoms. The van der Waals surface area contributed by atoms with Crippen molar-refractivity contribution in [1.29, 1.82) is 0 Å². The molecule has 0 bridgehead atoms. The third kappa shape index (κ3) is 10.6. The van der Waals surface area contributed by atoms with Gasteiger partial charge in [0.15, 0.2) is 18.3 Å². The molecule has 0 radical (unpaired) electrons. The van der Waals surface area contributed by atoms with Crippen LogP contribution in [0, 0.1) is 0 Å². The number of nitrogens with zero attached hydrogens (tertiary/aromatic N) is 1. The van der Waals surface area contributed by atoms with Crippen LogP contribution in [0.2, 0.25) is 0 Å². The van der Waals surface area contributed by atoms with E-state index in [9.17, 15) is 19.2 Å². The molecular formula is C48H41NO11S. The second-order valence-corrected chi connectivity index (χ2v) is 16.0. The molecule has 0 unspecified atom stereocenters. The first kappa shape index (κ1) is 42.2. The van der Waals surface area contributed by atoms with Crippen molar-refractivity contribution in [1.82, 2.24) is 4.31 Å². The molecule has 6 aromatic rings. The highest BCUT2D eigenvalue weighted by Crippen LogP contribution is 2.37. The summed E-state index contributed by atoms with van der Waals surface area (Å²) in [4.78, 5) is 55.0. The fourth-order valence-electron chi connectivity index (χ4n) is 6.73. The predicted molar refractivity (Wildman–Crippen MR) is 223 cm³/mol. The molecule has 310 valence electrons. The summed E-state index contributed by atoms with van der Waals surface area (Å²) in [6, 6.07) is 49.5. The van der Waals surface area contributed by atoms with Crippen LogP contribution in [-0.2, 0) is 46.8 Å². The molecule has 1 aliphatic rings. The van der Waals surface area contributed by atoms with Crippen LogP contribution >= 0.6 is 0 Å². The molecule has 1 heterocycles. The first-order valence-electron chi connectivity index (χ1n) is 19.4. The van der Waals surface area contributed by atoms with Gasteiger partial charge in [0.1, 0.15) is 12.7 Å². The Morgan fingerprint density at radius 1 is 0.492 bits per heavy atom. The van der Waals surface area contributed by atoms with Crippen molar-refractivity contribution < 1.29 is 51.3 Å². The minimum absolute atomic E-state index is 0.0736. The average Bonchev–Trinajstić information content (AvgIpc) is 3.66. The average molecular weight is 840 g/mol. The van der Waals surface area contributed by atoms with Gasteiger partial charge < -0.3 is 23.7 Å². The summed E-state index contributed by atoms with van der Waals surface area (Å²) in [5, 5.41) is 0. The highest BCUT2D eigenvalue weighted by atomic mass is 32.2. The molecule has 0 aliphatic carbocycles. The van der Waals surface area contributed by atoms with Crippen LogP contribution in [0.4, 0.5) is 0 Å². The quantitative estimate of drug-likeness (QED) is 0.0715. The van der Waals surface area contributed by atoms with E-state index in [-0.39, 0.29) is 35.3 Å². The smallest absolute Gasteiger partial charge is 0.338 e. The van der Waals surface area contributed by atoms with Crippen molar-refractivity contribution in [2.45, 2.75) is 42.9 Å². The Morgan fingerprint density at radius 2 is 0.852 bits per heavy atom. The van der Waals surface area contributed by atoms with E-state index < -0.39 is 70.4 Å². The van der Waals surface area contributed by atoms with Gasteiger partial charge in [0.05, 0.1) is 22.3 Å². The van der Waals surface area contributed by atoms with E-state index in [1.807, 2.05) is 0 Å². The summed E-state index contributed by atoms with van der Waals surface area (Å²) in [6.45, 7) is -0.935. The van der Waals surface area contributed by atoms with Gasteiger partial charge in [-0.15, -0.1) is 0 Å². The van der Waals surface area contributed by atoms with Crippen LogP contribution in [0.5, 0.6) is 0 Å². The number of benzene rings is 6. The van der Waals surface area contributed by atoms with Crippen molar-refractivity contribution in [3.8, 4) is 0 Å². The topological polar surface area (TPSA) is 152 Å². The highest BCUT2D eigenvalue weighted by molar-refractivity contribution is 7.89. The van der Waals surface area contributed by atoms with Gasteiger partial charge in [0.25, 0.3) is 0 Å². The van der Waals surface area contributed by atoms with Crippen LogP contribution in [0.25, 0.3) is 0 Å². The van der Waals surface area contributed by atoms with Gasteiger partial charge >= 0.3 is 23.9 Å². The number of esters is 4. The molecule has 1 aliphatic heterocycles. The maximum atomic E-state index is 15.3. The molecule has 0 amide bonds. The summed E-state index contributed by atoms with van der Waals surface area (Å²) < 4.78 is 62.1. The molecule has 7 rings (SSSR count). The summed E-state index contributed by atoms with van der Waals surface area (Å²) in [5.74, 6) is -3.53. The van der Waals surface area contributed by atoms with Gasteiger partial charge in [-0.1, -0.05) is 133 Å². The zero-order valence-electron chi connectivity index (χ0n) is 32.7. The molecule has 1 fully saturated rings. The van der Waals surface area contributed by atoms with E-state index in [1.54, 1.807) is 133 Å². The monoisotopic (exact) mass is 839 g/mol. The first-order valence-corrected chi connectivity index (χ1v) is 20.9. The van der Waals surface area contributed by atoms with Crippen LogP contribution in [0.1, 0.15) is 52.6 Å². The third-order valence-corrected chi connectivity index (χ3v) is 11.7. The van der Waals surface area contributed by atoms with Crippen LogP contribution in [-0.4, -0.2) is 73.1 Å². The molecule has 12 nitrogen and oxygen atoms in total. The number of rotatable bonds is 16. The number of hydrogen-bond acceptors (Lipinski definition) is 11. The molecule has 0 saturated carbocycles. The fourth-order valence-corrected chi connectivity index (χ4v) is 8.50. The van der Waals surface area contributed by atoms with Gasteiger partial charge in [-0.25, -0.2) is 27.6 Å². The number of sulfonamides is 1. The normalized spacial score (nSPS) is 17.8. The lowest BCUT2D eigenvalue weighted by molar-refractivity contribution is -0.0905. The first-order chi connectivity index (χ1) is 29.7. The second-order valence-electron chi connectivity index (χ2n) is 14.0. The summed E-state index contributed by atoms with van der Waals surface area (Å²) in [7, 11) is -4.73. The number of carbonyl (C=O) groups is 4.